The van der Waals surface area contributed by atoms with Gasteiger partial charge in [-0.15, -0.1) is 5.10 Å². The van der Waals surface area contributed by atoms with Gasteiger partial charge in [0.25, 0.3) is 0 Å². The van der Waals surface area contributed by atoms with Crippen molar-refractivity contribution in [1.82, 2.24) is 15.0 Å². The molecule has 0 bridgehead atoms. The Labute approximate surface area is 112 Å². The summed E-state index contributed by atoms with van der Waals surface area (Å²) in [5, 5.41) is 8.02. The Morgan fingerprint density at radius 2 is 2.00 bits per heavy atom. The number of rotatable bonds is 6. The molecule has 0 saturated heterocycles. The standard InChI is InChI=1S/C13H18N4O2/c1-18-12-5-4-10(8-13(12)19-2)11-9-15-16-17(11)7-3-6-14/h4-5,8-9H,3,6-7,14H2,1-2H3. The second-order valence-electron chi connectivity index (χ2n) is 4.05. The number of methoxy groups -OCH3 is 2. The van der Waals surface area contributed by atoms with Crippen LogP contribution in [0.3, 0.4) is 0 Å². The largest absolute Gasteiger partial charge is 0.493 e. The Kier molecular flexibility index (Phi) is 4.35. The van der Waals surface area contributed by atoms with Gasteiger partial charge in [-0.2, -0.15) is 0 Å². The van der Waals surface area contributed by atoms with E-state index in [2.05, 4.69) is 10.3 Å². The number of ether oxygens (including phenoxy) is 2. The predicted octanol–water partition coefficient (Wildman–Crippen LogP) is 1.31. The fourth-order valence-corrected chi connectivity index (χ4v) is 1.88. The number of nitrogens with two attached hydrogens (primary N) is 1. The number of hydrogen-bond donors (Lipinski definition) is 1. The van der Waals surface area contributed by atoms with Crippen LogP contribution >= 0.6 is 0 Å². The third kappa shape index (κ3) is 2.85. The van der Waals surface area contributed by atoms with Crippen LogP contribution < -0.4 is 15.2 Å². The second-order valence-corrected chi connectivity index (χ2v) is 4.05. The smallest absolute Gasteiger partial charge is 0.161 e. The van der Waals surface area contributed by atoms with E-state index in [9.17, 15) is 0 Å². The molecule has 0 spiro atoms. The van der Waals surface area contributed by atoms with Gasteiger partial charge in [0.1, 0.15) is 0 Å². The van der Waals surface area contributed by atoms with Crippen molar-refractivity contribution in [3.8, 4) is 22.8 Å². The molecular formula is C13H18N4O2. The van der Waals surface area contributed by atoms with Crippen molar-refractivity contribution >= 4 is 0 Å². The summed E-state index contributed by atoms with van der Waals surface area (Å²) in [5.74, 6) is 1.39. The predicted molar refractivity (Wildman–Crippen MR) is 72.2 cm³/mol. The number of benzene rings is 1. The monoisotopic (exact) mass is 262 g/mol. The lowest BCUT2D eigenvalue weighted by Crippen LogP contribution is -2.08. The van der Waals surface area contributed by atoms with Crippen molar-refractivity contribution in [3.05, 3.63) is 24.4 Å². The normalized spacial score (nSPS) is 10.5. The Bertz CT molecular complexity index is 539. The van der Waals surface area contributed by atoms with Crippen LogP contribution in [0.5, 0.6) is 11.5 Å². The van der Waals surface area contributed by atoms with E-state index in [0.29, 0.717) is 18.0 Å². The van der Waals surface area contributed by atoms with Gasteiger partial charge >= 0.3 is 0 Å². The molecule has 0 unspecified atom stereocenters. The molecule has 1 aromatic heterocycles. The van der Waals surface area contributed by atoms with Crippen LogP contribution in [0.2, 0.25) is 0 Å². The topological polar surface area (TPSA) is 75.2 Å². The average Bonchev–Trinajstić information content (AvgIpc) is 2.92. The van der Waals surface area contributed by atoms with E-state index in [-0.39, 0.29) is 0 Å². The molecule has 0 aliphatic rings. The van der Waals surface area contributed by atoms with Crippen molar-refractivity contribution < 1.29 is 9.47 Å². The molecule has 19 heavy (non-hydrogen) atoms. The molecule has 2 rings (SSSR count). The van der Waals surface area contributed by atoms with Crippen LogP contribution in [0, 0.1) is 0 Å². The number of aromatic nitrogens is 3. The highest BCUT2D eigenvalue weighted by atomic mass is 16.5. The molecule has 0 aliphatic carbocycles. The lowest BCUT2D eigenvalue weighted by Gasteiger charge is -2.10. The van der Waals surface area contributed by atoms with Crippen molar-refractivity contribution in [2.24, 2.45) is 5.73 Å². The Morgan fingerprint density at radius 3 is 2.68 bits per heavy atom. The Morgan fingerprint density at radius 1 is 1.21 bits per heavy atom. The van der Waals surface area contributed by atoms with Gasteiger partial charge < -0.3 is 15.2 Å². The van der Waals surface area contributed by atoms with E-state index in [0.717, 1.165) is 24.2 Å². The van der Waals surface area contributed by atoms with Gasteiger partial charge in [0.2, 0.25) is 0 Å². The maximum Gasteiger partial charge on any atom is 0.161 e. The van der Waals surface area contributed by atoms with E-state index >= 15 is 0 Å². The first-order chi connectivity index (χ1) is 9.30. The molecule has 1 aromatic carbocycles. The zero-order chi connectivity index (χ0) is 13.7. The lowest BCUT2D eigenvalue weighted by molar-refractivity contribution is 0.355. The highest BCUT2D eigenvalue weighted by molar-refractivity contribution is 5.63. The minimum Gasteiger partial charge on any atom is -0.493 e. The van der Waals surface area contributed by atoms with Crippen LogP contribution in [-0.4, -0.2) is 35.8 Å². The van der Waals surface area contributed by atoms with E-state index in [1.54, 1.807) is 20.4 Å². The zero-order valence-electron chi connectivity index (χ0n) is 11.2. The molecule has 0 fully saturated rings. The summed E-state index contributed by atoms with van der Waals surface area (Å²) in [6.07, 6.45) is 2.60. The highest BCUT2D eigenvalue weighted by Crippen LogP contribution is 2.31. The van der Waals surface area contributed by atoms with Crippen LogP contribution in [-0.2, 0) is 6.54 Å². The highest BCUT2D eigenvalue weighted by Gasteiger charge is 2.10. The molecule has 2 aromatic rings. The summed E-state index contributed by atoms with van der Waals surface area (Å²) in [7, 11) is 3.23. The Hall–Kier alpha value is -2.08. The molecule has 1 heterocycles. The number of hydrogen-bond acceptors (Lipinski definition) is 5. The fraction of sp³-hybridized carbons (Fsp3) is 0.385. The third-order valence-corrected chi connectivity index (χ3v) is 2.87. The molecular weight excluding hydrogens is 244 g/mol. The Balaban J connectivity index is 2.33. The summed E-state index contributed by atoms with van der Waals surface area (Å²) in [5.41, 5.74) is 7.44. The second kappa shape index (κ2) is 6.19. The van der Waals surface area contributed by atoms with Gasteiger partial charge in [-0.1, -0.05) is 5.21 Å². The first-order valence-corrected chi connectivity index (χ1v) is 6.11. The fourth-order valence-electron chi connectivity index (χ4n) is 1.88. The maximum absolute atomic E-state index is 5.52. The van der Waals surface area contributed by atoms with E-state index < -0.39 is 0 Å². The molecule has 102 valence electrons. The number of nitrogens with zero attached hydrogens (tertiary/aromatic N) is 3. The SMILES string of the molecule is COc1ccc(-c2cnnn2CCCN)cc1OC. The van der Waals surface area contributed by atoms with E-state index in [4.69, 9.17) is 15.2 Å². The molecule has 0 radical (unpaired) electrons. The third-order valence-electron chi connectivity index (χ3n) is 2.87. The molecule has 6 heteroatoms. The summed E-state index contributed by atoms with van der Waals surface area (Å²) in [6.45, 7) is 1.38. The minimum absolute atomic E-state index is 0.630. The van der Waals surface area contributed by atoms with Crippen molar-refractivity contribution in [3.63, 3.8) is 0 Å². The van der Waals surface area contributed by atoms with E-state index in [1.165, 1.54) is 0 Å². The van der Waals surface area contributed by atoms with Gasteiger partial charge in [0, 0.05) is 12.1 Å². The summed E-state index contributed by atoms with van der Waals surface area (Å²) in [4.78, 5) is 0. The molecule has 0 amide bonds. The molecule has 6 nitrogen and oxygen atoms in total. The number of aryl methyl sites for hydroxylation is 1. The first kappa shape index (κ1) is 13.4. The van der Waals surface area contributed by atoms with Crippen LogP contribution in [0.25, 0.3) is 11.3 Å². The minimum atomic E-state index is 0.630. The average molecular weight is 262 g/mol. The van der Waals surface area contributed by atoms with Gasteiger partial charge in [0.15, 0.2) is 11.5 Å². The van der Waals surface area contributed by atoms with Crippen molar-refractivity contribution in [2.45, 2.75) is 13.0 Å². The van der Waals surface area contributed by atoms with Gasteiger partial charge in [-0.25, -0.2) is 4.68 Å². The quantitative estimate of drug-likeness (QED) is 0.849. The van der Waals surface area contributed by atoms with Crippen LogP contribution in [0.15, 0.2) is 24.4 Å². The maximum atomic E-state index is 5.52. The van der Waals surface area contributed by atoms with Crippen molar-refractivity contribution in [1.29, 1.82) is 0 Å². The van der Waals surface area contributed by atoms with Crippen LogP contribution in [0.1, 0.15) is 6.42 Å². The summed E-state index contributed by atoms with van der Waals surface area (Å²) >= 11 is 0. The molecule has 0 atom stereocenters. The summed E-state index contributed by atoms with van der Waals surface area (Å²) < 4.78 is 12.4. The van der Waals surface area contributed by atoms with Crippen molar-refractivity contribution in [2.75, 3.05) is 20.8 Å². The zero-order valence-corrected chi connectivity index (χ0v) is 11.2. The molecule has 0 aliphatic heterocycles. The first-order valence-electron chi connectivity index (χ1n) is 6.11. The molecule has 2 N–H and O–H groups in total. The van der Waals surface area contributed by atoms with Gasteiger partial charge in [-0.3, -0.25) is 0 Å². The molecule has 0 saturated carbocycles. The van der Waals surface area contributed by atoms with Gasteiger partial charge in [0.05, 0.1) is 26.1 Å². The lowest BCUT2D eigenvalue weighted by atomic mass is 10.1. The van der Waals surface area contributed by atoms with Crippen LogP contribution in [0.4, 0.5) is 0 Å². The van der Waals surface area contributed by atoms with E-state index in [1.807, 2.05) is 22.9 Å². The summed E-state index contributed by atoms with van der Waals surface area (Å²) in [6, 6.07) is 5.74. The van der Waals surface area contributed by atoms with Gasteiger partial charge in [-0.05, 0) is 31.2 Å².